The van der Waals surface area contributed by atoms with Crippen LogP contribution in [-0.4, -0.2) is 59.2 Å². The van der Waals surface area contributed by atoms with E-state index < -0.39 is 48.2 Å². The minimum Gasteiger partial charge on any atom is -0.505 e. The molecule has 112 valence electrons. The van der Waals surface area contributed by atoms with Crippen LogP contribution >= 0.6 is 0 Å². The Kier molecular flexibility index (Phi) is 5.32. The molecule has 1 heterocycles. The number of ether oxygens (including phenoxy) is 3. The third-order valence-electron chi connectivity index (χ3n) is 2.46. The second-order valence-corrected chi connectivity index (χ2v) is 3.89. The van der Waals surface area contributed by atoms with Gasteiger partial charge in [0.1, 0.15) is 12.7 Å². The summed E-state index contributed by atoms with van der Waals surface area (Å²) < 4.78 is 13.4. The van der Waals surface area contributed by atoms with Crippen LogP contribution in [0.5, 0.6) is 0 Å². The van der Waals surface area contributed by atoms with Crippen molar-refractivity contribution in [1.29, 1.82) is 0 Å². The van der Waals surface area contributed by atoms with Crippen LogP contribution in [-0.2, 0) is 28.6 Å². The number of methoxy groups -OCH3 is 1. The van der Waals surface area contributed by atoms with Gasteiger partial charge in [-0.3, -0.25) is 9.59 Å². The molecular weight excluding hydrogens is 276 g/mol. The summed E-state index contributed by atoms with van der Waals surface area (Å²) in [6, 6.07) is 0. The van der Waals surface area contributed by atoms with Crippen LogP contribution in [0.1, 0.15) is 12.8 Å². The molecule has 0 aromatic carbocycles. The average molecular weight is 290 g/mol. The monoisotopic (exact) mass is 290 g/mol. The number of rotatable bonds is 6. The van der Waals surface area contributed by atoms with Gasteiger partial charge >= 0.3 is 17.9 Å². The quantitative estimate of drug-likeness (QED) is 0.419. The fraction of sp³-hybridized carbons (Fsp3) is 0.545. The molecule has 0 aliphatic carbocycles. The summed E-state index contributed by atoms with van der Waals surface area (Å²) in [4.78, 5) is 32.9. The largest absolute Gasteiger partial charge is 0.505 e. The second-order valence-electron chi connectivity index (χ2n) is 3.89. The fourth-order valence-electron chi connectivity index (χ4n) is 1.37. The molecule has 2 atom stereocenters. The van der Waals surface area contributed by atoms with E-state index in [4.69, 9.17) is 5.11 Å². The topological polar surface area (TPSA) is 140 Å². The van der Waals surface area contributed by atoms with E-state index in [1.807, 2.05) is 0 Å². The van der Waals surface area contributed by atoms with E-state index in [9.17, 15) is 24.6 Å². The van der Waals surface area contributed by atoms with Gasteiger partial charge < -0.3 is 29.5 Å². The summed E-state index contributed by atoms with van der Waals surface area (Å²) >= 11 is 0. The molecular formula is C11H14O9. The van der Waals surface area contributed by atoms with Crippen LogP contribution in [0.15, 0.2) is 11.5 Å². The van der Waals surface area contributed by atoms with Crippen LogP contribution in [0.25, 0.3) is 0 Å². The Bertz CT molecular complexity index is 439. The van der Waals surface area contributed by atoms with Crippen LogP contribution in [0.2, 0.25) is 0 Å². The van der Waals surface area contributed by atoms with E-state index >= 15 is 0 Å². The number of cyclic esters (lactones) is 1. The van der Waals surface area contributed by atoms with Gasteiger partial charge in [-0.2, -0.15) is 0 Å². The third kappa shape index (κ3) is 3.85. The molecule has 3 N–H and O–H groups in total. The Hall–Kier alpha value is -2.29. The Morgan fingerprint density at radius 1 is 1.30 bits per heavy atom. The lowest BCUT2D eigenvalue weighted by atomic mass is 10.2. The number of esters is 3. The molecule has 0 saturated heterocycles. The predicted octanol–water partition coefficient (Wildman–Crippen LogP) is -0.903. The summed E-state index contributed by atoms with van der Waals surface area (Å²) in [5, 5.41) is 27.9. The molecule has 1 rings (SSSR count). The summed E-state index contributed by atoms with van der Waals surface area (Å²) in [6.45, 7) is -0.574. The minimum absolute atomic E-state index is 0.171. The van der Waals surface area contributed by atoms with E-state index in [0.29, 0.717) is 0 Å². The number of aliphatic hydroxyl groups is 3. The lowest BCUT2D eigenvalue weighted by Crippen LogP contribution is -2.33. The lowest BCUT2D eigenvalue weighted by molar-refractivity contribution is -0.156. The van der Waals surface area contributed by atoms with Gasteiger partial charge in [0.15, 0.2) is 11.9 Å². The van der Waals surface area contributed by atoms with Gasteiger partial charge in [-0.05, 0) is 0 Å². The van der Waals surface area contributed by atoms with E-state index in [0.717, 1.165) is 0 Å². The first-order valence-electron chi connectivity index (χ1n) is 5.60. The maximum absolute atomic E-state index is 11.2. The van der Waals surface area contributed by atoms with E-state index in [-0.39, 0.29) is 12.8 Å². The van der Waals surface area contributed by atoms with Crippen molar-refractivity contribution in [3.8, 4) is 0 Å². The highest BCUT2D eigenvalue weighted by Gasteiger charge is 2.39. The standard InChI is InChI=1S/C11H14O9/c1-18-6(13)2-3-7(14)19-4-5(12)10-8(15)9(16)11(17)20-10/h5,10,12,15-16H,2-4H2,1H3. The van der Waals surface area contributed by atoms with Crippen molar-refractivity contribution in [1.82, 2.24) is 0 Å². The normalized spacial score (nSPS) is 19.5. The number of carbonyl (C=O) groups excluding carboxylic acids is 3. The first-order valence-corrected chi connectivity index (χ1v) is 5.60. The number of carbonyl (C=O) groups is 3. The molecule has 0 amide bonds. The Balaban J connectivity index is 2.37. The zero-order chi connectivity index (χ0) is 15.3. The van der Waals surface area contributed by atoms with Gasteiger partial charge in [0.05, 0.1) is 20.0 Å². The molecule has 0 bridgehead atoms. The van der Waals surface area contributed by atoms with Crippen LogP contribution < -0.4 is 0 Å². The Morgan fingerprint density at radius 3 is 2.40 bits per heavy atom. The van der Waals surface area contributed by atoms with Gasteiger partial charge in [0.25, 0.3) is 0 Å². The summed E-state index contributed by atoms with van der Waals surface area (Å²) in [7, 11) is 1.17. The van der Waals surface area contributed by atoms with Crippen LogP contribution in [0.3, 0.4) is 0 Å². The first kappa shape index (κ1) is 15.8. The van der Waals surface area contributed by atoms with Crippen molar-refractivity contribution in [3.63, 3.8) is 0 Å². The smallest absolute Gasteiger partial charge is 0.377 e. The Morgan fingerprint density at radius 2 is 1.90 bits per heavy atom. The van der Waals surface area contributed by atoms with Gasteiger partial charge in [-0.15, -0.1) is 0 Å². The second kappa shape index (κ2) is 6.75. The van der Waals surface area contributed by atoms with E-state index in [2.05, 4.69) is 14.2 Å². The summed E-state index contributed by atoms with van der Waals surface area (Å²) in [6.07, 6.45) is -3.44. The first-order chi connectivity index (χ1) is 9.36. The number of hydrogen-bond donors (Lipinski definition) is 3. The third-order valence-corrected chi connectivity index (χ3v) is 2.46. The van der Waals surface area contributed by atoms with Crippen molar-refractivity contribution in [2.75, 3.05) is 13.7 Å². The highest BCUT2D eigenvalue weighted by atomic mass is 16.6. The summed E-state index contributed by atoms with van der Waals surface area (Å²) in [5.41, 5.74) is 0. The number of hydrogen-bond acceptors (Lipinski definition) is 9. The molecule has 2 unspecified atom stereocenters. The van der Waals surface area contributed by atoms with Crippen LogP contribution in [0, 0.1) is 0 Å². The average Bonchev–Trinajstić information content (AvgIpc) is 2.69. The molecule has 20 heavy (non-hydrogen) atoms. The maximum atomic E-state index is 11.2. The van der Waals surface area contributed by atoms with Crippen LogP contribution in [0.4, 0.5) is 0 Å². The predicted molar refractivity (Wildman–Crippen MR) is 60.4 cm³/mol. The lowest BCUT2D eigenvalue weighted by Gasteiger charge is -2.17. The van der Waals surface area contributed by atoms with Crippen molar-refractivity contribution in [2.45, 2.75) is 25.0 Å². The molecule has 0 aromatic rings. The van der Waals surface area contributed by atoms with Crippen molar-refractivity contribution in [2.24, 2.45) is 0 Å². The molecule has 0 fully saturated rings. The molecule has 0 spiro atoms. The van der Waals surface area contributed by atoms with E-state index in [1.165, 1.54) is 7.11 Å². The minimum atomic E-state index is -1.54. The molecule has 0 saturated carbocycles. The highest BCUT2D eigenvalue weighted by Crippen LogP contribution is 2.21. The van der Waals surface area contributed by atoms with Crippen molar-refractivity contribution in [3.05, 3.63) is 11.5 Å². The fourth-order valence-corrected chi connectivity index (χ4v) is 1.37. The number of aliphatic hydroxyl groups excluding tert-OH is 3. The van der Waals surface area contributed by atoms with Crippen molar-refractivity contribution < 1.29 is 43.9 Å². The van der Waals surface area contributed by atoms with Gasteiger partial charge in [-0.25, -0.2) is 4.79 Å². The molecule has 0 radical (unpaired) electrons. The van der Waals surface area contributed by atoms with Gasteiger partial charge in [0.2, 0.25) is 5.76 Å². The molecule has 0 aromatic heterocycles. The summed E-state index contributed by atoms with van der Waals surface area (Å²) in [5.74, 6) is -4.35. The van der Waals surface area contributed by atoms with Gasteiger partial charge in [0, 0.05) is 0 Å². The highest BCUT2D eigenvalue weighted by molar-refractivity contribution is 5.89. The van der Waals surface area contributed by atoms with E-state index in [1.54, 1.807) is 0 Å². The van der Waals surface area contributed by atoms with Gasteiger partial charge in [-0.1, -0.05) is 0 Å². The zero-order valence-corrected chi connectivity index (χ0v) is 10.6. The molecule has 9 heteroatoms. The molecule has 9 nitrogen and oxygen atoms in total. The SMILES string of the molecule is COC(=O)CCC(=O)OCC(O)C1OC(=O)C(O)=C1O. The Labute approximate surface area is 113 Å². The zero-order valence-electron chi connectivity index (χ0n) is 10.6. The van der Waals surface area contributed by atoms with Crippen molar-refractivity contribution >= 4 is 17.9 Å². The molecule has 1 aliphatic rings. The maximum Gasteiger partial charge on any atom is 0.377 e. The molecule has 1 aliphatic heterocycles.